The van der Waals surface area contributed by atoms with E-state index in [4.69, 9.17) is 5.73 Å². The summed E-state index contributed by atoms with van der Waals surface area (Å²) >= 11 is 0. The fourth-order valence-electron chi connectivity index (χ4n) is 5.43. The van der Waals surface area contributed by atoms with Crippen LogP contribution in [0.5, 0.6) is 5.75 Å². The summed E-state index contributed by atoms with van der Waals surface area (Å²) in [6.07, 6.45) is 0.0732. The average Bonchev–Trinajstić information content (AvgIpc) is 3.18. The molecule has 0 aromatic heterocycles. The van der Waals surface area contributed by atoms with Gasteiger partial charge in [-0.3, -0.25) is 33.6 Å². The number of phenolic OH excluding ortho intramolecular Hbond substituents is 1. The highest BCUT2D eigenvalue weighted by atomic mass is 16.4. The molecule has 59 heavy (non-hydrogen) atoms. The van der Waals surface area contributed by atoms with Gasteiger partial charge in [0.15, 0.2) is 0 Å². The second-order valence-electron chi connectivity index (χ2n) is 14.4. The van der Waals surface area contributed by atoms with Gasteiger partial charge in [-0.15, -0.1) is 0 Å². The second-order valence-corrected chi connectivity index (χ2v) is 14.4. The second kappa shape index (κ2) is 24.0. The maximum Gasteiger partial charge on any atom is 0.328 e. The predicted molar refractivity (Wildman–Crippen MR) is 212 cm³/mol. The molecule has 0 aliphatic rings. The first-order chi connectivity index (χ1) is 27.7. The van der Waals surface area contributed by atoms with Crippen molar-refractivity contribution in [1.82, 2.24) is 37.2 Å². The molecule has 0 aliphatic carbocycles. The Labute approximate surface area is 341 Å². The fourth-order valence-corrected chi connectivity index (χ4v) is 5.43. The molecule has 0 bridgehead atoms. The highest BCUT2D eigenvalue weighted by Gasteiger charge is 2.33. The van der Waals surface area contributed by atoms with Gasteiger partial charge in [-0.1, -0.05) is 56.3 Å². The van der Waals surface area contributed by atoms with Gasteiger partial charge in [-0.2, -0.15) is 0 Å². The lowest BCUT2D eigenvalue weighted by Gasteiger charge is -2.27. The topological polar surface area (TPSA) is 328 Å². The molecule has 0 spiro atoms. The van der Waals surface area contributed by atoms with E-state index < -0.39 is 109 Å². The molecule has 8 atom stereocenters. The van der Waals surface area contributed by atoms with Crippen LogP contribution in [-0.2, 0) is 51.2 Å². The number of carbonyl (C=O) groups is 8. The molecule has 2 aromatic carbocycles. The molecule has 0 aliphatic heterocycles. The lowest BCUT2D eigenvalue weighted by molar-refractivity contribution is -0.143. The Hall–Kier alpha value is -6.12. The number of carboxylic acids is 1. The molecule has 20 heteroatoms. The minimum absolute atomic E-state index is 0.0183. The molecular formula is C39H56N8O12. The van der Waals surface area contributed by atoms with Crippen LogP contribution in [0.25, 0.3) is 0 Å². The maximum absolute atomic E-state index is 13.6. The Balaban J connectivity index is 2.04. The Morgan fingerprint density at radius 3 is 1.41 bits per heavy atom. The summed E-state index contributed by atoms with van der Waals surface area (Å²) in [7, 11) is 0. The SMILES string of the molecule is CC(C)C[C@H](NC(=O)[C@H](CO)NC(=O)[C@H](C)NC(=O)[C@H](C)NC(=O)[C@H](C)NC(=O)[C@@H](N)Cc1ccccc1)C(=O)N[C@@H](Cc1ccc(O)cc1)C(=O)N[C@@H](CO)C(=O)O. The average molecular weight is 829 g/mol. The van der Waals surface area contributed by atoms with Gasteiger partial charge in [0.05, 0.1) is 19.3 Å². The van der Waals surface area contributed by atoms with E-state index in [0.717, 1.165) is 5.56 Å². The molecular weight excluding hydrogens is 772 g/mol. The van der Waals surface area contributed by atoms with Crippen LogP contribution < -0.4 is 43.0 Å². The van der Waals surface area contributed by atoms with Gasteiger partial charge in [-0.05, 0) is 62.8 Å². The van der Waals surface area contributed by atoms with Crippen LogP contribution in [0, 0.1) is 5.92 Å². The number of hydrogen-bond acceptors (Lipinski definition) is 12. The Bertz CT molecular complexity index is 1760. The van der Waals surface area contributed by atoms with Crippen molar-refractivity contribution in [2.75, 3.05) is 13.2 Å². The Kier molecular flexibility index (Phi) is 19.9. The largest absolute Gasteiger partial charge is 0.508 e. The lowest BCUT2D eigenvalue weighted by atomic mass is 10.0. The number of aliphatic hydroxyl groups excluding tert-OH is 2. The van der Waals surface area contributed by atoms with Crippen molar-refractivity contribution in [2.45, 2.75) is 102 Å². The fraction of sp³-hybridized carbons (Fsp3) is 0.487. The molecule has 20 nitrogen and oxygen atoms in total. The van der Waals surface area contributed by atoms with E-state index in [-0.39, 0.29) is 30.9 Å². The normalized spacial score (nSPS) is 15.1. The van der Waals surface area contributed by atoms with E-state index >= 15 is 0 Å². The standard InChI is InChI=1S/C39H56N8O12/c1-20(2)15-28(36(55)45-29(17-25-11-13-26(50)14-12-25)37(56)47-31(19-49)39(58)59)44-38(57)30(18-48)46-34(53)23(5)42-32(51)21(3)41-33(52)22(4)43-35(54)27(40)16-24-9-7-6-8-10-24/h6-14,20-23,27-31,48-50H,15-19,40H2,1-5H3,(H,41,52)(H,42,51)(H,43,54)(H,44,57)(H,45,55)(H,46,53)(H,47,56)(H,58,59)/t21-,22-,23-,27-,28-,29-,30-,31-/m0/s1. The smallest absolute Gasteiger partial charge is 0.328 e. The van der Waals surface area contributed by atoms with Crippen molar-refractivity contribution in [1.29, 1.82) is 0 Å². The number of carbonyl (C=O) groups excluding carboxylic acids is 7. The summed E-state index contributed by atoms with van der Waals surface area (Å²) in [5.74, 6) is -7.62. The zero-order valence-corrected chi connectivity index (χ0v) is 33.6. The van der Waals surface area contributed by atoms with Crippen LogP contribution in [0.1, 0.15) is 52.2 Å². The summed E-state index contributed by atoms with van der Waals surface area (Å²) in [6.45, 7) is 5.64. The molecule has 0 radical (unpaired) electrons. The first-order valence-electron chi connectivity index (χ1n) is 18.9. The summed E-state index contributed by atoms with van der Waals surface area (Å²) in [4.78, 5) is 103. The van der Waals surface area contributed by atoms with Gasteiger partial charge in [0.2, 0.25) is 41.4 Å². The zero-order valence-electron chi connectivity index (χ0n) is 33.6. The number of amides is 7. The minimum atomic E-state index is -1.69. The van der Waals surface area contributed by atoms with Gasteiger partial charge in [0.25, 0.3) is 0 Å². The molecule has 0 saturated carbocycles. The first-order valence-corrected chi connectivity index (χ1v) is 18.9. The van der Waals surface area contributed by atoms with Crippen molar-refractivity contribution >= 4 is 47.3 Å². The van der Waals surface area contributed by atoms with E-state index in [2.05, 4.69) is 37.2 Å². The van der Waals surface area contributed by atoms with Crippen molar-refractivity contribution in [2.24, 2.45) is 11.7 Å². The Morgan fingerprint density at radius 1 is 0.508 bits per heavy atom. The van der Waals surface area contributed by atoms with E-state index in [1.54, 1.807) is 26.0 Å². The van der Waals surface area contributed by atoms with Crippen LogP contribution in [0.4, 0.5) is 0 Å². The third kappa shape index (κ3) is 16.7. The van der Waals surface area contributed by atoms with Crippen LogP contribution in [0.15, 0.2) is 54.6 Å². The number of aliphatic hydroxyl groups is 2. The maximum atomic E-state index is 13.6. The van der Waals surface area contributed by atoms with E-state index in [0.29, 0.717) is 5.56 Å². The number of nitrogens with two attached hydrogens (primary N) is 1. The molecule has 0 fully saturated rings. The summed E-state index contributed by atoms with van der Waals surface area (Å²) in [6, 6.07) is 4.15. The number of hydrogen-bond donors (Lipinski definition) is 12. The van der Waals surface area contributed by atoms with Gasteiger partial charge >= 0.3 is 5.97 Å². The van der Waals surface area contributed by atoms with Crippen molar-refractivity contribution in [3.63, 3.8) is 0 Å². The molecule has 2 aromatic rings. The number of carboxylic acid groups (broad SMARTS) is 1. The highest BCUT2D eigenvalue weighted by molar-refractivity contribution is 5.97. The molecule has 324 valence electrons. The van der Waals surface area contributed by atoms with Gasteiger partial charge in [-0.25, -0.2) is 4.79 Å². The molecule has 0 heterocycles. The van der Waals surface area contributed by atoms with Crippen molar-refractivity contribution in [3.05, 3.63) is 65.7 Å². The summed E-state index contributed by atoms with van der Waals surface area (Å²) in [5.41, 5.74) is 7.27. The van der Waals surface area contributed by atoms with Gasteiger partial charge in [0.1, 0.15) is 48.0 Å². The van der Waals surface area contributed by atoms with Crippen LogP contribution in [-0.4, -0.2) is 129 Å². The number of benzene rings is 2. The number of aliphatic carboxylic acids is 1. The Morgan fingerprint density at radius 2 is 0.915 bits per heavy atom. The van der Waals surface area contributed by atoms with E-state index in [9.17, 15) is 58.8 Å². The van der Waals surface area contributed by atoms with Crippen molar-refractivity contribution < 1.29 is 58.8 Å². The summed E-state index contributed by atoms with van der Waals surface area (Å²) in [5, 5.41) is 55.1. The van der Waals surface area contributed by atoms with Gasteiger partial charge in [0, 0.05) is 6.42 Å². The molecule has 7 amide bonds. The number of phenols is 1. The molecule has 13 N–H and O–H groups in total. The van der Waals surface area contributed by atoms with Gasteiger partial charge < -0.3 is 63.4 Å². The third-order valence-electron chi connectivity index (χ3n) is 8.85. The predicted octanol–water partition coefficient (Wildman–Crippen LogP) is -2.93. The number of nitrogens with one attached hydrogen (secondary N) is 7. The highest BCUT2D eigenvalue weighted by Crippen LogP contribution is 2.13. The molecule has 0 saturated heterocycles. The number of rotatable bonds is 23. The van der Waals surface area contributed by atoms with E-state index in [1.165, 1.54) is 45.0 Å². The zero-order chi connectivity index (χ0) is 44.4. The van der Waals surface area contributed by atoms with E-state index in [1.807, 2.05) is 18.2 Å². The number of aromatic hydroxyl groups is 1. The quantitative estimate of drug-likeness (QED) is 0.0535. The van der Waals surface area contributed by atoms with Crippen molar-refractivity contribution in [3.8, 4) is 5.75 Å². The van der Waals surface area contributed by atoms with Crippen LogP contribution in [0.2, 0.25) is 0 Å². The minimum Gasteiger partial charge on any atom is -0.508 e. The molecule has 0 unspecified atom stereocenters. The third-order valence-corrected chi connectivity index (χ3v) is 8.85. The van der Waals surface area contributed by atoms with Crippen LogP contribution in [0.3, 0.4) is 0 Å². The van der Waals surface area contributed by atoms with Crippen LogP contribution >= 0.6 is 0 Å². The first kappa shape index (κ1) is 49.0. The monoisotopic (exact) mass is 828 g/mol. The molecule has 2 rings (SSSR count). The lowest BCUT2D eigenvalue weighted by Crippen LogP contribution is -2.60. The summed E-state index contributed by atoms with van der Waals surface area (Å²) < 4.78 is 0.